The van der Waals surface area contributed by atoms with E-state index in [1.807, 2.05) is 0 Å². The Morgan fingerprint density at radius 1 is 0.571 bits per heavy atom. The Morgan fingerprint density at radius 3 is 1.57 bits per heavy atom. The molecule has 0 spiro atoms. The monoisotopic (exact) mass is 368 g/mol. The van der Waals surface area contributed by atoms with Crippen LogP contribution >= 0.6 is 0 Å². The van der Waals surface area contributed by atoms with E-state index < -0.39 is 0 Å². The largest absolute Gasteiger partial charge is 0.0776 e. The maximum Gasteiger partial charge on any atom is -0.0132 e. The van der Waals surface area contributed by atoms with Crippen LogP contribution in [0, 0.1) is 0 Å². The Labute approximate surface area is 170 Å². The fraction of sp³-hybridized carbons (Fsp3) is 0.286. The summed E-state index contributed by atoms with van der Waals surface area (Å²) in [6, 6.07) is 27.3. The number of hydrogen-bond donors (Lipinski definition) is 0. The van der Waals surface area contributed by atoms with E-state index in [-0.39, 0.29) is 12.8 Å². The highest BCUT2D eigenvalue weighted by Crippen LogP contribution is 2.31. The molecular formula is C28H32. The zero-order valence-electron chi connectivity index (χ0n) is 17.0. The Hall–Kier alpha value is -2.60. The minimum atomic E-state index is 0. The van der Waals surface area contributed by atoms with Gasteiger partial charge in [0.15, 0.2) is 0 Å². The van der Waals surface area contributed by atoms with E-state index >= 15 is 0 Å². The van der Waals surface area contributed by atoms with Crippen LogP contribution in [0.1, 0.15) is 59.1 Å². The maximum atomic E-state index is 2.33. The van der Waals surface area contributed by atoms with Gasteiger partial charge in [-0.1, -0.05) is 103 Å². The third-order valence-corrected chi connectivity index (χ3v) is 5.57. The van der Waals surface area contributed by atoms with Crippen LogP contribution in [-0.2, 0) is 5.41 Å². The molecule has 28 heavy (non-hydrogen) atoms. The quantitative estimate of drug-likeness (QED) is 0.332. The lowest BCUT2D eigenvalue weighted by atomic mass is 9.85. The molecule has 0 amide bonds. The van der Waals surface area contributed by atoms with Crippen molar-refractivity contribution in [3.63, 3.8) is 0 Å². The lowest BCUT2D eigenvalue weighted by molar-refractivity contribution is 0.591. The van der Waals surface area contributed by atoms with Gasteiger partial charge in [-0.15, -0.1) is 0 Å². The smallest absolute Gasteiger partial charge is 0.0132 e. The van der Waals surface area contributed by atoms with Gasteiger partial charge in [-0.2, -0.15) is 0 Å². The SMILES string of the molecule is C.CC(C)c1ccc2cc(-c3ccc4cc(C(C)(C)C)ccc4c3)ccc2c1. The van der Waals surface area contributed by atoms with Crippen LogP contribution in [-0.4, -0.2) is 0 Å². The molecule has 0 heteroatoms. The third-order valence-electron chi connectivity index (χ3n) is 5.57. The summed E-state index contributed by atoms with van der Waals surface area (Å²) in [6.45, 7) is 11.3. The highest BCUT2D eigenvalue weighted by atomic mass is 14.2. The van der Waals surface area contributed by atoms with Gasteiger partial charge in [-0.3, -0.25) is 0 Å². The summed E-state index contributed by atoms with van der Waals surface area (Å²) in [5, 5.41) is 5.24. The van der Waals surface area contributed by atoms with Crippen molar-refractivity contribution in [2.45, 2.75) is 53.4 Å². The fourth-order valence-corrected chi connectivity index (χ4v) is 3.69. The topological polar surface area (TPSA) is 0 Å². The molecule has 0 fully saturated rings. The molecule has 0 heterocycles. The van der Waals surface area contributed by atoms with Crippen molar-refractivity contribution in [2.75, 3.05) is 0 Å². The molecule has 4 aromatic rings. The first kappa shape index (κ1) is 20.1. The Morgan fingerprint density at radius 2 is 1.04 bits per heavy atom. The minimum Gasteiger partial charge on any atom is -0.0776 e. The number of rotatable bonds is 2. The first-order valence-electron chi connectivity index (χ1n) is 9.90. The van der Waals surface area contributed by atoms with Crippen molar-refractivity contribution in [1.29, 1.82) is 0 Å². The molecule has 4 aromatic carbocycles. The van der Waals surface area contributed by atoms with E-state index in [1.54, 1.807) is 0 Å². The highest BCUT2D eigenvalue weighted by Gasteiger charge is 2.13. The molecule has 0 nitrogen and oxygen atoms in total. The molecule has 0 unspecified atom stereocenters. The van der Waals surface area contributed by atoms with E-state index in [1.165, 1.54) is 43.8 Å². The Kier molecular flexibility index (Phi) is 5.35. The number of hydrogen-bond acceptors (Lipinski definition) is 0. The Balaban J connectivity index is 0.00000225. The van der Waals surface area contributed by atoms with E-state index in [0.717, 1.165) is 0 Å². The molecule has 0 N–H and O–H groups in total. The summed E-state index contributed by atoms with van der Waals surface area (Å²) in [5.74, 6) is 0.563. The number of benzene rings is 4. The molecular weight excluding hydrogens is 336 g/mol. The Bertz CT molecular complexity index is 1120. The van der Waals surface area contributed by atoms with Crippen molar-refractivity contribution in [3.8, 4) is 11.1 Å². The summed E-state index contributed by atoms with van der Waals surface area (Å²) in [7, 11) is 0. The molecule has 0 aliphatic carbocycles. The summed E-state index contributed by atoms with van der Waals surface area (Å²) < 4.78 is 0. The van der Waals surface area contributed by atoms with E-state index in [0.29, 0.717) is 5.92 Å². The molecule has 0 aliphatic heterocycles. The zero-order chi connectivity index (χ0) is 19.2. The summed E-state index contributed by atoms with van der Waals surface area (Å²) in [5.41, 5.74) is 5.52. The van der Waals surface area contributed by atoms with Crippen LogP contribution in [0.4, 0.5) is 0 Å². The average Bonchev–Trinajstić information content (AvgIpc) is 2.65. The summed E-state index contributed by atoms with van der Waals surface area (Å²) in [4.78, 5) is 0. The van der Waals surface area contributed by atoms with Crippen LogP contribution in [0.15, 0.2) is 72.8 Å². The van der Waals surface area contributed by atoms with E-state index in [4.69, 9.17) is 0 Å². The van der Waals surface area contributed by atoms with Gasteiger partial charge in [-0.05, 0) is 67.3 Å². The second-order valence-corrected chi connectivity index (χ2v) is 9.00. The van der Waals surface area contributed by atoms with Gasteiger partial charge in [0.1, 0.15) is 0 Å². The number of fused-ring (bicyclic) bond motifs is 2. The lowest BCUT2D eigenvalue weighted by Gasteiger charge is -2.19. The van der Waals surface area contributed by atoms with Crippen molar-refractivity contribution in [1.82, 2.24) is 0 Å². The maximum absolute atomic E-state index is 2.33. The van der Waals surface area contributed by atoms with Gasteiger partial charge in [-0.25, -0.2) is 0 Å². The van der Waals surface area contributed by atoms with Crippen LogP contribution in [0.5, 0.6) is 0 Å². The molecule has 0 atom stereocenters. The predicted molar refractivity (Wildman–Crippen MR) is 126 cm³/mol. The van der Waals surface area contributed by atoms with Gasteiger partial charge in [0.05, 0.1) is 0 Å². The molecule has 0 bridgehead atoms. The van der Waals surface area contributed by atoms with Crippen LogP contribution in [0.2, 0.25) is 0 Å². The normalized spacial score (nSPS) is 11.8. The van der Waals surface area contributed by atoms with Gasteiger partial charge >= 0.3 is 0 Å². The third kappa shape index (κ3) is 3.83. The first-order chi connectivity index (χ1) is 12.8. The van der Waals surface area contributed by atoms with Crippen molar-refractivity contribution < 1.29 is 0 Å². The molecule has 0 saturated heterocycles. The van der Waals surface area contributed by atoms with Crippen molar-refractivity contribution in [2.24, 2.45) is 0 Å². The van der Waals surface area contributed by atoms with Gasteiger partial charge in [0.2, 0.25) is 0 Å². The minimum absolute atomic E-state index is 0. The van der Waals surface area contributed by atoms with Crippen molar-refractivity contribution >= 4 is 21.5 Å². The van der Waals surface area contributed by atoms with E-state index in [2.05, 4.69) is 107 Å². The standard InChI is InChI=1S/C27H28.CH4/c1-18(2)19-6-7-21-15-22(9-8-20(21)14-19)23-10-11-25-17-26(27(3,4)5)13-12-24(25)16-23;/h6-18H,1-5H3;1H4. The zero-order valence-corrected chi connectivity index (χ0v) is 17.0. The second-order valence-electron chi connectivity index (χ2n) is 9.00. The average molecular weight is 369 g/mol. The van der Waals surface area contributed by atoms with Crippen molar-refractivity contribution in [3.05, 3.63) is 83.9 Å². The molecule has 4 rings (SSSR count). The van der Waals surface area contributed by atoms with Gasteiger partial charge < -0.3 is 0 Å². The second kappa shape index (κ2) is 7.43. The van der Waals surface area contributed by atoms with Crippen LogP contribution < -0.4 is 0 Å². The molecule has 144 valence electrons. The van der Waals surface area contributed by atoms with Crippen LogP contribution in [0.25, 0.3) is 32.7 Å². The van der Waals surface area contributed by atoms with Gasteiger partial charge in [0.25, 0.3) is 0 Å². The molecule has 0 aromatic heterocycles. The summed E-state index contributed by atoms with van der Waals surface area (Å²) in [6.07, 6.45) is 0. The van der Waals surface area contributed by atoms with Gasteiger partial charge in [0, 0.05) is 0 Å². The first-order valence-corrected chi connectivity index (χ1v) is 9.90. The molecule has 0 saturated carbocycles. The van der Waals surface area contributed by atoms with E-state index in [9.17, 15) is 0 Å². The van der Waals surface area contributed by atoms with Crippen LogP contribution in [0.3, 0.4) is 0 Å². The molecule has 0 aliphatic rings. The lowest BCUT2D eigenvalue weighted by Crippen LogP contribution is -2.10. The fourth-order valence-electron chi connectivity index (χ4n) is 3.69. The predicted octanol–water partition coefficient (Wildman–Crippen LogP) is 8.72. The highest BCUT2D eigenvalue weighted by molar-refractivity contribution is 5.91. The summed E-state index contributed by atoms with van der Waals surface area (Å²) >= 11 is 0. The molecule has 0 radical (unpaired) electrons.